The van der Waals surface area contributed by atoms with E-state index in [-0.39, 0.29) is 11.9 Å². The molecule has 0 aliphatic rings. The van der Waals surface area contributed by atoms with Crippen molar-refractivity contribution in [3.8, 4) is 0 Å². The van der Waals surface area contributed by atoms with Crippen molar-refractivity contribution >= 4 is 16.9 Å². The quantitative estimate of drug-likeness (QED) is 0.767. The van der Waals surface area contributed by atoms with Gasteiger partial charge in [0.2, 0.25) is 0 Å². The minimum absolute atomic E-state index is 0.156. The number of fused-ring (bicyclic) bond motifs is 1. The van der Waals surface area contributed by atoms with E-state index in [1.165, 1.54) is 7.11 Å². The summed E-state index contributed by atoms with van der Waals surface area (Å²) in [5.74, 6) is -0.328. The molecule has 1 aromatic heterocycles. The summed E-state index contributed by atoms with van der Waals surface area (Å²) in [5, 5.41) is 1.06. The van der Waals surface area contributed by atoms with E-state index in [2.05, 4.69) is 11.9 Å². The first kappa shape index (κ1) is 13.5. The Morgan fingerprint density at radius 2 is 2.21 bits per heavy atom. The van der Waals surface area contributed by atoms with E-state index in [1.807, 2.05) is 30.3 Å². The number of hydrogen-bond donors (Lipinski definition) is 0. The summed E-state index contributed by atoms with van der Waals surface area (Å²) in [6, 6.07) is 9.91. The van der Waals surface area contributed by atoms with Crippen LogP contribution < -0.4 is 0 Å². The molecule has 100 valence electrons. The Labute approximate surface area is 113 Å². The fourth-order valence-corrected chi connectivity index (χ4v) is 2.28. The van der Waals surface area contributed by atoms with Crippen LogP contribution >= 0.6 is 0 Å². The van der Waals surface area contributed by atoms with Gasteiger partial charge in [-0.05, 0) is 30.2 Å². The summed E-state index contributed by atoms with van der Waals surface area (Å²) < 4.78 is 4.92. The summed E-state index contributed by atoms with van der Waals surface area (Å²) in [6.45, 7) is 2.12. The maximum atomic E-state index is 11.9. The molecule has 1 aromatic carbocycles. The average molecular weight is 257 g/mol. The van der Waals surface area contributed by atoms with Gasteiger partial charge < -0.3 is 4.74 Å². The number of benzene rings is 1. The Bertz CT molecular complexity index is 565. The lowest BCUT2D eigenvalue weighted by Crippen LogP contribution is -2.14. The number of nitrogens with zero attached hydrogens (tertiary/aromatic N) is 1. The van der Waals surface area contributed by atoms with Crippen LogP contribution in [0.2, 0.25) is 0 Å². The largest absolute Gasteiger partial charge is 0.469 e. The molecule has 0 aliphatic carbocycles. The summed E-state index contributed by atoms with van der Waals surface area (Å²) >= 11 is 0. The highest BCUT2D eigenvalue weighted by Crippen LogP contribution is 2.26. The van der Waals surface area contributed by atoms with Crippen molar-refractivity contribution in [3.63, 3.8) is 0 Å². The number of esters is 1. The molecule has 19 heavy (non-hydrogen) atoms. The fraction of sp³-hybridized carbons (Fsp3) is 0.375. The molecule has 0 saturated carbocycles. The van der Waals surface area contributed by atoms with E-state index in [1.54, 1.807) is 6.20 Å². The van der Waals surface area contributed by atoms with E-state index in [4.69, 9.17) is 4.74 Å². The van der Waals surface area contributed by atoms with Crippen molar-refractivity contribution < 1.29 is 9.53 Å². The molecule has 2 rings (SSSR count). The lowest BCUT2D eigenvalue weighted by molar-refractivity contribution is -0.142. The predicted molar refractivity (Wildman–Crippen MR) is 76.0 cm³/mol. The third kappa shape index (κ3) is 3.11. The van der Waals surface area contributed by atoms with Crippen LogP contribution in [0.3, 0.4) is 0 Å². The molecule has 0 bridgehead atoms. The number of pyridine rings is 1. The highest BCUT2D eigenvalue weighted by atomic mass is 16.5. The zero-order valence-corrected chi connectivity index (χ0v) is 11.4. The lowest BCUT2D eigenvalue weighted by atomic mass is 9.92. The number of carbonyl (C=O) groups is 1. The molecule has 1 unspecified atom stereocenters. The van der Waals surface area contributed by atoms with Crippen LogP contribution in [-0.4, -0.2) is 18.1 Å². The lowest BCUT2D eigenvalue weighted by Gasteiger charge is -2.15. The molecular weight excluding hydrogens is 238 g/mol. The van der Waals surface area contributed by atoms with E-state index in [0.29, 0.717) is 0 Å². The second-order valence-electron chi connectivity index (χ2n) is 4.67. The van der Waals surface area contributed by atoms with Gasteiger partial charge in [-0.15, -0.1) is 0 Å². The number of unbranched alkanes of at least 4 members (excludes halogenated alkanes) is 1. The second-order valence-corrected chi connectivity index (χ2v) is 4.67. The van der Waals surface area contributed by atoms with Crippen molar-refractivity contribution in [1.82, 2.24) is 4.98 Å². The van der Waals surface area contributed by atoms with Gasteiger partial charge >= 0.3 is 5.97 Å². The van der Waals surface area contributed by atoms with Crippen LogP contribution in [0.1, 0.15) is 37.7 Å². The second kappa shape index (κ2) is 6.32. The molecule has 3 heteroatoms. The SMILES string of the molecule is CCCCC(C(=O)OC)c1ccc2ncccc2c1. The molecule has 0 amide bonds. The third-order valence-electron chi connectivity index (χ3n) is 3.36. The topological polar surface area (TPSA) is 39.2 Å². The summed E-state index contributed by atoms with van der Waals surface area (Å²) in [7, 11) is 1.45. The van der Waals surface area contributed by atoms with Crippen LogP contribution in [0.25, 0.3) is 10.9 Å². The van der Waals surface area contributed by atoms with Crippen LogP contribution in [0.5, 0.6) is 0 Å². The van der Waals surface area contributed by atoms with Crippen LogP contribution in [-0.2, 0) is 9.53 Å². The van der Waals surface area contributed by atoms with Crippen molar-refractivity contribution in [2.24, 2.45) is 0 Å². The molecule has 2 aromatic rings. The van der Waals surface area contributed by atoms with Crippen LogP contribution in [0.4, 0.5) is 0 Å². The van der Waals surface area contributed by atoms with Gasteiger partial charge in [0.05, 0.1) is 18.5 Å². The van der Waals surface area contributed by atoms with Crippen molar-refractivity contribution in [2.75, 3.05) is 7.11 Å². The van der Waals surface area contributed by atoms with Crippen molar-refractivity contribution in [3.05, 3.63) is 42.1 Å². The van der Waals surface area contributed by atoms with E-state index >= 15 is 0 Å². The molecular formula is C16H19NO2. The van der Waals surface area contributed by atoms with Crippen LogP contribution in [0.15, 0.2) is 36.5 Å². The fourth-order valence-electron chi connectivity index (χ4n) is 2.28. The average Bonchev–Trinajstić information content (AvgIpc) is 2.47. The summed E-state index contributed by atoms with van der Waals surface area (Å²) in [5.41, 5.74) is 1.96. The first-order valence-electron chi connectivity index (χ1n) is 6.68. The summed E-state index contributed by atoms with van der Waals surface area (Å²) in [4.78, 5) is 16.2. The highest BCUT2D eigenvalue weighted by molar-refractivity contribution is 5.83. The number of carbonyl (C=O) groups excluding carboxylic acids is 1. The normalized spacial score (nSPS) is 12.3. The molecule has 0 aliphatic heterocycles. The monoisotopic (exact) mass is 257 g/mol. The van der Waals surface area contributed by atoms with Gasteiger partial charge in [0.25, 0.3) is 0 Å². The molecule has 0 spiro atoms. The van der Waals surface area contributed by atoms with Gasteiger partial charge in [0.1, 0.15) is 0 Å². The molecule has 1 atom stereocenters. The van der Waals surface area contributed by atoms with Gasteiger partial charge in [0.15, 0.2) is 0 Å². The number of hydrogen-bond acceptors (Lipinski definition) is 3. The molecule has 0 fully saturated rings. The Balaban J connectivity index is 2.34. The molecule has 0 N–H and O–H groups in total. The van der Waals surface area contributed by atoms with Gasteiger partial charge in [-0.3, -0.25) is 9.78 Å². The zero-order valence-electron chi connectivity index (χ0n) is 11.4. The van der Waals surface area contributed by atoms with Crippen LogP contribution in [0, 0.1) is 0 Å². The molecule has 0 saturated heterocycles. The van der Waals surface area contributed by atoms with Gasteiger partial charge in [-0.2, -0.15) is 0 Å². The molecule has 3 nitrogen and oxygen atoms in total. The first-order valence-corrected chi connectivity index (χ1v) is 6.68. The van der Waals surface area contributed by atoms with Crippen molar-refractivity contribution in [2.45, 2.75) is 32.1 Å². The summed E-state index contributed by atoms with van der Waals surface area (Å²) in [6.07, 6.45) is 4.69. The van der Waals surface area contributed by atoms with Gasteiger partial charge in [-0.1, -0.05) is 31.9 Å². The third-order valence-corrected chi connectivity index (χ3v) is 3.36. The number of aromatic nitrogens is 1. The number of rotatable bonds is 5. The Kier molecular flexibility index (Phi) is 4.50. The van der Waals surface area contributed by atoms with Gasteiger partial charge in [-0.25, -0.2) is 0 Å². The number of ether oxygens (including phenoxy) is 1. The van der Waals surface area contributed by atoms with Gasteiger partial charge in [0, 0.05) is 11.6 Å². The maximum absolute atomic E-state index is 11.9. The minimum atomic E-state index is -0.172. The Hall–Kier alpha value is -1.90. The maximum Gasteiger partial charge on any atom is 0.313 e. The minimum Gasteiger partial charge on any atom is -0.469 e. The molecule has 1 heterocycles. The first-order chi connectivity index (χ1) is 9.26. The van der Waals surface area contributed by atoms with E-state index in [0.717, 1.165) is 35.7 Å². The zero-order chi connectivity index (χ0) is 13.7. The predicted octanol–water partition coefficient (Wildman–Crippen LogP) is 3.68. The standard InChI is InChI=1S/C16H19NO2/c1-3-4-7-14(16(18)19-2)12-8-9-15-13(11-12)6-5-10-17-15/h5-6,8-11,14H,3-4,7H2,1-2H3. The van der Waals surface area contributed by atoms with Crippen molar-refractivity contribution in [1.29, 1.82) is 0 Å². The smallest absolute Gasteiger partial charge is 0.313 e. The molecule has 0 radical (unpaired) electrons. The highest BCUT2D eigenvalue weighted by Gasteiger charge is 2.20. The Morgan fingerprint density at radius 1 is 1.37 bits per heavy atom. The van der Waals surface area contributed by atoms with E-state index in [9.17, 15) is 4.79 Å². The van der Waals surface area contributed by atoms with E-state index < -0.39 is 0 Å². The number of methoxy groups -OCH3 is 1. The Morgan fingerprint density at radius 3 is 2.95 bits per heavy atom.